The molecule has 0 bridgehead atoms. The first-order valence-corrected chi connectivity index (χ1v) is 8.03. The molecule has 0 aliphatic carbocycles. The number of carbonyl (C=O) groups is 3. The van der Waals surface area contributed by atoms with Crippen molar-refractivity contribution in [3.63, 3.8) is 0 Å². The van der Waals surface area contributed by atoms with Gasteiger partial charge in [-0.25, -0.2) is 4.39 Å². The van der Waals surface area contributed by atoms with Crippen LogP contribution in [0, 0.1) is 5.82 Å². The van der Waals surface area contributed by atoms with Crippen LogP contribution in [0.2, 0.25) is 0 Å². The Hall–Kier alpha value is -3.28. The fraction of sp³-hybridized carbons (Fsp3) is 0.150. The summed E-state index contributed by atoms with van der Waals surface area (Å²) in [4.78, 5) is 39.7. The Morgan fingerprint density at radius 1 is 1.15 bits per heavy atom. The number of carbonyl (C=O) groups excluding carboxylic acids is 3. The molecule has 0 atom stereocenters. The second kappa shape index (κ2) is 6.92. The van der Waals surface area contributed by atoms with Gasteiger partial charge < -0.3 is 4.90 Å². The fourth-order valence-corrected chi connectivity index (χ4v) is 2.92. The fourth-order valence-electron chi connectivity index (χ4n) is 2.92. The minimum atomic E-state index is -0.438. The maximum atomic E-state index is 13.3. The van der Waals surface area contributed by atoms with E-state index in [9.17, 15) is 18.8 Å². The van der Waals surface area contributed by atoms with Crippen molar-refractivity contribution in [3.8, 4) is 0 Å². The van der Waals surface area contributed by atoms with Crippen LogP contribution in [-0.2, 0) is 6.54 Å². The minimum absolute atomic E-state index is 0.120. The summed E-state index contributed by atoms with van der Waals surface area (Å²) in [5.74, 6) is -1.52. The largest absolute Gasteiger partial charge is 0.337 e. The van der Waals surface area contributed by atoms with Crippen molar-refractivity contribution in [1.82, 2.24) is 9.80 Å². The second-order valence-electron chi connectivity index (χ2n) is 6.06. The summed E-state index contributed by atoms with van der Waals surface area (Å²) in [5, 5.41) is 0. The van der Waals surface area contributed by atoms with E-state index in [0.29, 0.717) is 11.1 Å². The number of amides is 3. The summed E-state index contributed by atoms with van der Waals surface area (Å²) in [6.45, 7) is 3.88. The van der Waals surface area contributed by atoms with E-state index >= 15 is 0 Å². The summed E-state index contributed by atoms with van der Waals surface area (Å²) in [5.41, 5.74) is 1.44. The van der Waals surface area contributed by atoms with Gasteiger partial charge in [0.25, 0.3) is 17.7 Å². The predicted octanol–water partition coefficient (Wildman–Crippen LogP) is 2.88. The van der Waals surface area contributed by atoms with Crippen LogP contribution in [-0.4, -0.2) is 41.1 Å². The number of fused-ring (bicyclic) bond motifs is 1. The van der Waals surface area contributed by atoms with E-state index in [2.05, 4.69) is 6.58 Å². The highest BCUT2D eigenvalue weighted by Gasteiger charge is 2.35. The molecule has 26 heavy (non-hydrogen) atoms. The molecule has 0 aromatic heterocycles. The third kappa shape index (κ3) is 3.13. The average Bonchev–Trinajstić information content (AvgIpc) is 2.86. The molecule has 1 aliphatic rings. The van der Waals surface area contributed by atoms with Crippen molar-refractivity contribution in [1.29, 1.82) is 0 Å². The van der Waals surface area contributed by atoms with E-state index < -0.39 is 11.8 Å². The molecule has 3 amide bonds. The summed E-state index contributed by atoms with van der Waals surface area (Å²) in [6, 6.07) is 10.4. The molecule has 2 aromatic rings. The van der Waals surface area contributed by atoms with Crippen LogP contribution in [0.15, 0.2) is 55.1 Å². The van der Waals surface area contributed by atoms with Gasteiger partial charge in [-0.2, -0.15) is 0 Å². The molecule has 1 aliphatic heterocycles. The molecule has 0 N–H and O–H groups in total. The highest BCUT2D eigenvalue weighted by molar-refractivity contribution is 6.22. The Bertz CT molecular complexity index is 923. The first kappa shape index (κ1) is 17.5. The van der Waals surface area contributed by atoms with Crippen LogP contribution in [0.5, 0.6) is 0 Å². The van der Waals surface area contributed by atoms with Crippen LogP contribution in [0.3, 0.4) is 0 Å². The molecule has 0 fully saturated rings. The van der Waals surface area contributed by atoms with E-state index in [0.717, 1.165) is 4.90 Å². The molecule has 5 nitrogen and oxygen atoms in total. The van der Waals surface area contributed by atoms with Gasteiger partial charge in [0.1, 0.15) is 5.82 Å². The second-order valence-corrected chi connectivity index (χ2v) is 6.06. The topological polar surface area (TPSA) is 57.7 Å². The lowest BCUT2D eigenvalue weighted by molar-refractivity contribution is 0.0671. The van der Waals surface area contributed by atoms with Gasteiger partial charge in [0.2, 0.25) is 0 Å². The van der Waals surface area contributed by atoms with Crippen molar-refractivity contribution >= 4 is 17.7 Å². The van der Waals surface area contributed by atoms with E-state index in [4.69, 9.17) is 0 Å². The van der Waals surface area contributed by atoms with E-state index in [1.807, 2.05) is 0 Å². The third-order valence-electron chi connectivity index (χ3n) is 4.18. The molecule has 0 saturated carbocycles. The Labute approximate surface area is 150 Å². The predicted molar refractivity (Wildman–Crippen MR) is 94.2 cm³/mol. The van der Waals surface area contributed by atoms with Gasteiger partial charge >= 0.3 is 0 Å². The van der Waals surface area contributed by atoms with Gasteiger partial charge in [-0.1, -0.05) is 18.2 Å². The number of nitrogens with zero attached hydrogens (tertiary/aromatic N) is 2. The zero-order valence-corrected chi connectivity index (χ0v) is 14.2. The number of halogens is 1. The molecule has 0 spiro atoms. The molecule has 0 radical (unpaired) electrons. The van der Waals surface area contributed by atoms with Crippen molar-refractivity contribution in [2.24, 2.45) is 0 Å². The smallest absolute Gasteiger partial charge is 0.261 e. The van der Waals surface area contributed by atoms with Crippen molar-refractivity contribution in [2.45, 2.75) is 6.54 Å². The first-order chi connectivity index (χ1) is 12.4. The lowest BCUT2D eigenvalue weighted by atomic mass is 10.0. The molecule has 3 rings (SSSR count). The number of rotatable bonds is 5. The van der Waals surface area contributed by atoms with Gasteiger partial charge in [-0.3, -0.25) is 19.3 Å². The Morgan fingerprint density at radius 2 is 1.88 bits per heavy atom. The molecule has 6 heteroatoms. The lowest BCUT2D eigenvalue weighted by Crippen LogP contribution is -2.29. The first-order valence-electron chi connectivity index (χ1n) is 8.03. The number of hydrogen-bond donors (Lipinski definition) is 0. The maximum Gasteiger partial charge on any atom is 0.261 e. The minimum Gasteiger partial charge on any atom is -0.337 e. The number of benzene rings is 2. The van der Waals surface area contributed by atoms with Gasteiger partial charge in [0.15, 0.2) is 0 Å². The van der Waals surface area contributed by atoms with Gasteiger partial charge in [-0.05, 0) is 35.9 Å². The Morgan fingerprint density at radius 3 is 2.58 bits per heavy atom. The highest BCUT2D eigenvalue weighted by Crippen LogP contribution is 2.24. The third-order valence-corrected chi connectivity index (χ3v) is 4.18. The Balaban J connectivity index is 1.83. The monoisotopic (exact) mass is 352 g/mol. The number of imide groups is 1. The Kier molecular flexibility index (Phi) is 4.67. The van der Waals surface area contributed by atoms with Crippen molar-refractivity contribution in [2.75, 3.05) is 13.6 Å². The molecule has 1 heterocycles. The van der Waals surface area contributed by atoms with E-state index in [-0.39, 0.29) is 35.9 Å². The lowest BCUT2D eigenvalue weighted by Gasteiger charge is -2.17. The van der Waals surface area contributed by atoms with Crippen LogP contribution < -0.4 is 0 Å². The quantitative estimate of drug-likeness (QED) is 0.614. The average molecular weight is 352 g/mol. The molecule has 132 valence electrons. The molecule has 0 saturated heterocycles. The van der Waals surface area contributed by atoms with Crippen LogP contribution in [0.4, 0.5) is 4.39 Å². The zero-order chi connectivity index (χ0) is 18.8. The number of hydrogen-bond acceptors (Lipinski definition) is 3. The summed E-state index contributed by atoms with van der Waals surface area (Å²) >= 11 is 0. The molecular weight excluding hydrogens is 335 g/mol. The summed E-state index contributed by atoms with van der Waals surface area (Å²) in [7, 11) is 1.59. The highest BCUT2D eigenvalue weighted by atomic mass is 19.1. The van der Waals surface area contributed by atoms with Crippen LogP contribution >= 0.6 is 0 Å². The molecular formula is C20H17FN2O3. The summed E-state index contributed by atoms with van der Waals surface area (Å²) < 4.78 is 13.3. The standard InChI is InChI=1S/C20H17FN2O3/c1-3-9-23-19(25)16-8-7-14(11-17(16)20(23)26)18(24)22(2)12-13-5-4-6-15(21)10-13/h3-8,10-11H,1,9,12H2,2H3. The van der Waals surface area contributed by atoms with Gasteiger partial charge in [-0.15, -0.1) is 6.58 Å². The normalized spacial score (nSPS) is 12.9. The van der Waals surface area contributed by atoms with Gasteiger partial charge in [0, 0.05) is 25.7 Å². The molecule has 0 unspecified atom stereocenters. The van der Waals surface area contributed by atoms with Gasteiger partial charge in [0.05, 0.1) is 11.1 Å². The zero-order valence-electron chi connectivity index (χ0n) is 14.2. The summed E-state index contributed by atoms with van der Waals surface area (Å²) in [6.07, 6.45) is 1.47. The van der Waals surface area contributed by atoms with Crippen molar-refractivity contribution in [3.05, 3.63) is 83.2 Å². The van der Waals surface area contributed by atoms with E-state index in [1.54, 1.807) is 19.2 Å². The van der Waals surface area contributed by atoms with Crippen LogP contribution in [0.1, 0.15) is 36.6 Å². The van der Waals surface area contributed by atoms with Crippen LogP contribution in [0.25, 0.3) is 0 Å². The SMILES string of the molecule is C=CCN1C(=O)c2ccc(C(=O)N(C)Cc3cccc(F)c3)cc2C1=O. The maximum absolute atomic E-state index is 13.3. The van der Waals surface area contributed by atoms with Crippen molar-refractivity contribution < 1.29 is 18.8 Å². The van der Waals surface area contributed by atoms with E-state index in [1.165, 1.54) is 41.3 Å². The molecule has 2 aromatic carbocycles.